The zero-order chi connectivity index (χ0) is 19.9. The SMILES string of the molecule is Cl.O=C(O)c1ccc(NC(=O)[C@@H]2CCCN(C(=O)/C=C/C3CCNCC3)C2)cc1. The number of aromatic carboxylic acids is 1. The fourth-order valence-electron chi connectivity index (χ4n) is 3.69. The number of carbonyl (C=O) groups excluding carboxylic acids is 2. The average molecular weight is 422 g/mol. The van der Waals surface area contributed by atoms with Crippen LogP contribution in [0.15, 0.2) is 36.4 Å². The number of allylic oxidation sites excluding steroid dienone is 1. The molecule has 2 aliphatic heterocycles. The molecule has 3 N–H and O–H groups in total. The molecule has 2 amide bonds. The van der Waals surface area contributed by atoms with E-state index in [1.165, 1.54) is 12.1 Å². The Kier molecular flexibility index (Phi) is 8.67. The summed E-state index contributed by atoms with van der Waals surface area (Å²) in [5.41, 5.74) is 0.734. The zero-order valence-corrected chi connectivity index (χ0v) is 17.1. The minimum absolute atomic E-state index is 0. The Bertz CT molecular complexity index is 745. The van der Waals surface area contributed by atoms with Crippen molar-refractivity contribution >= 4 is 35.9 Å². The molecule has 0 spiro atoms. The van der Waals surface area contributed by atoms with Crippen LogP contribution in [0.2, 0.25) is 0 Å². The van der Waals surface area contributed by atoms with Crippen molar-refractivity contribution in [1.82, 2.24) is 10.2 Å². The van der Waals surface area contributed by atoms with Gasteiger partial charge in [-0.25, -0.2) is 4.79 Å². The van der Waals surface area contributed by atoms with Crippen LogP contribution in [0.1, 0.15) is 36.0 Å². The van der Waals surface area contributed by atoms with Crippen molar-refractivity contribution in [2.45, 2.75) is 25.7 Å². The second-order valence-electron chi connectivity index (χ2n) is 7.44. The molecule has 0 aliphatic carbocycles. The van der Waals surface area contributed by atoms with Crippen molar-refractivity contribution in [3.05, 3.63) is 42.0 Å². The van der Waals surface area contributed by atoms with Gasteiger partial charge in [-0.3, -0.25) is 9.59 Å². The van der Waals surface area contributed by atoms with Crippen LogP contribution in [0.3, 0.4) is 0 Å². The molecule has 3 rings (SSSR count). The Morgan fingerprint density at radius 2 is 1.79 bits per heavy atom. The van der Waals surface area contributed by atoms with E-state index in [4.69, 9.17) is 5.11 Å². The van der Waals surface area contributed by atoms with Crippen LogP contribution in [-0.4, -0.2) is 54.0 Å². The summed E-state index contributed by atoms with van der Waals surface area (Å²) in [6.07, 6.45) is 7.31. The lowest BCUT2D eigenvalue weighted by Crippen LogP contribution is -2.43. The molecular formula is C21H28ClN3O4. The third-order valence-electron chi connectivity index (χ3n) is 5.40. The quantitative estimate of drug-likeness (QED) is 0.634. The highest BCUT2D eigenvalue weighted by molar-refractivity contribution is 5.95. The number of carboxylic acids is 1. The highest BCUT2D eigenvalue weighted by Gasteiger charge is 2.27. The molecule has 1 aromatic rings. The van der Waals surface area contributed by atoms with Gasteiger partial charge in [0, 0.05) is 18.8 Å². The molecule has 0 unspecified atom stereocenters. The number of nitrogens with one attached hydrogen (secondary N) is 2. The van der Waals surface area contributed by atoms with Gasteiger partial charge >= 0.3 is 5.97 Å². The minimum atomic E-state index is -1.00. The normalized spacial score (nSPS) is 20.1. The number of likely N-dealkylation sites (tertiary alicyclic amines) is 1. The summed E-state index contributed by atoms with van der Waals surface area (Å²) in [5.74, 6) is -0.978. The molecule has 0 saturated carbocycles. The number of hydrogen-bond acceptors (Lipinski definition) is 4. The maximum atomic E-state index is 12.6. The number of carboxylic acid groups (broad SMARTS) is 1. The maximum Gasteiger partial charge on any atom is 0.335 e. The van der Waals surface area contributed by atoms with E-state index >= 15 is 0 Å². The summed E-state index contributed by atoms with van der Waals surface area (Å²) in [5, 5.41) is 15.1. The second kappa shape index (κ2) is 11.0. The highest BCUT2D eigenvalue weighted by Crippen LogP contribution is 2.20. The maximum absolute atomic E-state index is 12.6. The number of benzene rings is 1. The number of nitrogens with zero attached hydrogens (tertiary/aromatic N) is 1. The number of anilines is 1. The first-order valence-corrected chi connectivity index (χ1v) is 9.85. The molecule has 0 radical (unpaired) electrons. The van der Waals surface area contributed by atoms with E-state index in [2.05, 4.69) is 10.6 Å². The van der Waals surface area contributed by atoms with Gasteiger partial charge in [0.25, 0.3) is 0 Å². The first kappa shape index (κ1) is 22.9. The highest BCUT2D eigenvalue weighted by atomic mass is 35.5. The van der Waals surface area contributed by atoms with Gasteiger partial charge in [-0.15, -0.1) is 12.4 Å². The van der Waals surface area contributed by atoms with Crippen molar-refractivity contribution in [2.24, 2.45) is 11.8 Å². The molecule has 1 aromatic carbocycles. The van der Waals surface area contributed by atoms with E-state index in [-0.39, 0.29) is 35.7 Å². The third kappa shape index (κ3) is 6.58. The van der Waals surface area contributed by atoms with E-state index in [1.807, 2.05) is 6.08 Å². The predicted molar refractivity (Wildman–Crippen MR) is 113 cm³/mol. The number of carbonyl (C=O) groups is 3. The van der Waals surface area contributed by atoms with Gasteiger partial charge in [-0.05, 0) is 75.0 Å². The van der Waals surface area contributed by atoms with E-state index in [1.54, 1.807) is 23.1 Å². The van der Waals surface area contributed by atoms with Crippen molar-refractivity contribution in [3.63, 3.8) is 0 Å². The zero-order valence-electron chi connectivity index (χ0n) is 16.3. The summed E-state index contributed by atoms with van der Waals surface area (Å²) in [6.45, 7) is 3.06. The Morgan fingerprint density at radius 3 is 2.45 bits per heavy atom. The standard InChI is InChI=1S/C21H27N3O4.ClH/c25-19(8-3-15-9-11-22-12-10-15)24-13-1-2-17(14-24)20(26)23-18-6-4-16(5-7-18)21(27)28;/h3-8,15,17,22H,1-2,9-14H2,(H,23,26)(H,27,28);1H/b8-3+;/t17-;/m1./s1. The monoisotopic (exact) mass is 421 g/mol. The van der Waals surface area contributed by atoms with Gasteiger partial charge in [0.2, 0.25) is 11.8 Å². The molecule has 8 heteroatoms. The first-order chi connectivity index (χ1) is 13.5. The van der Waals surface area contributed by atoms with Crippen molar-refractivity contribution in [2.75, 3.05) is 31.5 Å². The molecule has 0 bridgehead atoms. The number of rotatable bonds is 5. The van der Waals surface area contributed by atoms with Crippen molar-refractivity contribution in [1.29, 1.82) is 0 Å². The molecule has 0 aromatic heterocycles. The molecule has 2 saturated heterocycles. The molecular weight excluding hydrogens is 394 g/mol. The van der Waals surface area contributed by atoms with Crippen LogP contribution in [0.4, 0.5) is 5.69 Å². The van der Waals surface area contributed by atoms with Crippen LogP contribution in [0, 0.1) is 11.8 Å². The summed E-state index contributed by atoms with van der Waals surface area (Å²) >= 11 is 0. The topological polar surface area (TPSA) is 98.7 Å². The van der Waals surface area contributed by atoms with Gasteiger partial charge in [-0.1, -0.05) is 6.08 Å². The van der Waals surface area contributed by atoms with E-state index in [0.29, 0.717) is 24.7 Å². The Balaban J connectivity index is 0.00000300. The Morgan fingerprint density at radius 1 is 1.10 bits per heavy atom. The minimum Gasteiger partial charge on any atom is -0.478 e. The molecule has 29 heavy (non-hydrogen) atoms. The summed E-state index contributed by atoms with van der Waals surface area (Å²) in [4.78, 5) is 37.7. The molecule has 2 fully saturated rings. The smallest absolute Gasteiger partial charge is 0.335 e. The Labute approximate surface area is 176 Å². The molecule has 1 atom stereocenters. The lowest BCUT2D eigenvalue weighted by atomic mass is 9.96. The first-order valence-electron chi connectivity index (χ1n) is 9.85. The van der Waals surface area contributed by atoms with Gasteiger partial charge < -0.3 is 20.6 Å². The molecule has 158 valence electrons. The third-order valence-corrected chi connectivity index (χ3v) is 5.40. The fourth-order valence-corrected chi connectivity index (χ4v) is 3.69. The van der Waals surface area contributed by atoms with Crippen LogP contribution in [-0.2, 0) is 9.59 Å². The lowest BCUT2D eigenvalue weighted by Gasteiger charge is -2.31. The van der Waals surface area contributed by atoms with Crippen LogP contribution in [0.25, 0.3) is 0 Å². The predicted octanol–water partition coefficient (Wildman–Crippen LogP) is 2.54. The fraction of sp³-hybridized carbons (Fsp3) is 0.476. The molecule has 7 nitrogen and oxygen atoms in total. The van der Waals surface area contributed by atoms with E-state index in [9.17, 15) is 14.4 Å². The van der Waals surface area contributed by atoms with Gasteiger partial charge in [-0.2, -0.15) is 0 Å². The second-order valence-corrected chi connectivity index (χ2v) is 7.44. The Hall–Kier alpha value is -2.38. The van der Waals surface area contributed by atoms with Gasteiger partial charge in [0.05, 0.1) is 11.5 Å². The molecule has 2 aliphatic rings. The van der Waals surface area contributed by atoms with Crippen LogP contribution < -0.4 is 10.6 Å². The van der Waals surface area contributed by atoms with Crippen LogP contribution in [0.5, 0.6) is 0 Å². The summed E-state index contributed by atoms with van der Waals surface area (Å²) in [7, 11) is 0. The largest absolute Gasteiger partial charge is 0.478 e. The molecule has 2 heterocycles. The number of amides is 2. The lowest BCUT2D eigenvalue weighted by molar-refractivity contribution is -0.130. The summed E-state index contributed by atoms with van der Waals surface area (Å²) in [6, 6.07) is 6.07. The van der Waals surface area contributed by atoms with E-state index in [0.717, 1.165) is 38.8 Å². The van der Waals surface area contributed by atoms with Gasteiger partial charge in [0.15, 0.2) is 0 Å². The number of halogens is 1. The van der Waals surface area contributed by atoms with Crippen molar-refractivity contribution < 1.29 is 19.5 Å². The average Bonchev–Trinajstić information content (AvgIpc) is 2.73. The van der Waals surface area contributed by atoms with E-state index < -0.39 is 5.97 Å². The van der Waals surface area contributed by atoms with Crippen molar-refractivity contribution in [3.8, 4) is 0 Å². The number of hydrogen-bond donors (Lipinski definition) is 3. The summed E-state index contributed by atoms with van der Waals surface area (Å²) < 4.78 is 0. The van der Waals surface area contributed by atoms with Gasteiger partial charge in [0.1, 0.15) is 0 Å². The number of piperidine rings is 2. The van der Waals surface area contributed by atoms with Crippen LogP contribution >= 0.6 is 12.4 Å².